The van der Waals surface area contributed by atoms with Crippen molar-refractivity contribution in [3.63, 3.8) is 0 Å². The number of benzene rings is 1. The van der Waals surface area contributed by atoms with E-state index in [-0.39, 0.29) is 5.56 Å². The zero-order chi connectivity index (χ0) is 19.3. The van der Waals surface area contributed by atoms with E-state index >= 15 is 0 Å². The van der Waals surface area contributed by atoms with Gasteiger partial charge in [-0.15, -0.1) is 0 Å². The second-order valence-electron chi connectivity index (χ2n) is 8.04. The molecule has 7 heteroatoms. The molecule has 1 aromatic carbocycles. The molecule has 3 atom stereocenters. The molecule has 2 aliphatic rings. The fraction of sp³-hybridized carbons (Fsp3) is 0.476. The first-order valence-corrected chi connectivity index (χ1v) is 10.8. The summed E-state index contributed by atoms with van der Waals surface area (Å²) in [5, 5.41) is 5.29. The van der Waals surface area contributed by atoms with Gasteiger partial charge in [-0.3, -0.25) is 14.6 Å². The Morgan fingerprint density at radius 1 is 1.18 bits per heavy atom. The van der Waals surface area contributed by atoms with Crippen molar-refractivity contribution in [1.29, 1.82) is 0 Å². The van der Waals surface area contributed by atoms with Crippen molar-refractivity contribution in [1.82, 2.24) is 24.4 Å². The molecule has 0 bridgehead atoms. The topological polar surface area (TPSA) is 53.7 Å². The number of hydrogen-bond acceptors (Lipinski definition) is 6. The molecule has 2 fully saturated rings. The van der Waals surface area contributed by atoms with Crippen LogP contribution in [0.2, 0.25) is 0 Å². The lowest BCUT2D eigenvalue weighted by Crippen LogP contribution is -2.29. The van der Waals surface area contributed by atoms with Crippen LogP contribution < -0.4 is 5.56 Å². The number of likely N-dealkylation sites (tertiary alicyclic amines) is 2. The van der Waals surface area contributed by atoms with Gasteiger partial charge in [0.15, 0.2) is 0 Å². The number of rotatable bonds is 4. The van der Waals surface area contributed by atoms with Crippen LogP contribution in [0.3, 0.4) is 0 Å². The fourth-order valence-corrected chi connectivity index (χ4v) is 5.84. The quantitative estimate of drug-likeness (QED) is 0.679. The number of hydrogen-bond donors (Lipinski definition) is 0. The lowest BCUT2D eigenvalue weighted by Gasteiger charge is -2.26. The highest BCUT2D eigenvalue weighted by Gasteiger charge is 2.45. The lowest BCUT2D eigenvalue weighted by atomic mass is 9.90. The van der Waals surface area contributed by atoms with Gasteiger partial charge in [-0.2, -0.15) is 9.61 Å². The van der Waals surface area contributed by atoms with Crippen LogP contribution in [0.5, 0.6) is 0 Å². The number of aryl methyl sites for hydroxylation is 1. The Kier molecular flexibility index (Phi) is 4.53. The molecule has 0 radical (unpaired) electrons. The summed E-state index contributed by atoms with van der Waals surface area (Å²) in [6, 6.07) is 13.0. The summed E-state index contributed by atoms with van der Waals surface area (Å²) in [5.41, 5.74) is 2.20. The van der Waals surface area contributed by atoms with Crippen LogP contribution >= 0.6 is 11.3 Å². The van der Waals surface area contributed by atoms with Crippen molar-refractivity contribution in [3.05, 3.63) is 63.0 Å². The number of fused-ring (bicyclic) bond motifs is 2. The molecule has 4 heterocycles. The molecule has 0 spiro atoms. The Morgan fingerprint density at radius 2 is 2.00 bits per heavy atom. The molecule has 0 amide bonds. The molecular formula is C21H25N5OS. The summed E-state index contributed by atoms with van der Waals surface area (Å²) in [4.78, 5) is 22.8. The third-order valence-corrected chi connectivity index (χ3v) is 7.19. The van der Waals surface area contributed by atoms with Crippen LogP contribution in [0.25, 0.3) is 4.96 Å². The predicted octanol–water partition coefficient (Wildman–Crippen LogP) is 2.45. The Balaban J connectivity index is 1.36. The molecule has 0 saturated carbocycles. The second kappa shape index (κ2) is 7.06. The Morgan fingerprint density at radius 3 is 2.79 bits per heavy atom. The van der Waals surface area contributed by atoms with Crippen molar-refractivity contribution < 1.29 is 0 Å². The normalized spacial score (nSPS) is 25.6. The van der Waals surface area contributed by atoms with Crippen molar-refractivity contribution in [3.8, 4) is 0 Å². The average Bonchev–Trinajstić information content (AvgIpc) is 3.34. The van der Waals surface area contributed by atoms with E-state index < -0.39 is 0 Å². The maximum atomic E-state index is 12.4. The van der Waals surface area contributed by atoms with Crippen LogP contribution in [0.4, 0.5) is 0 Å². The van der Waals surface area contributed by atoms with Gasteiger partial charge >= 0.3 is 0 Å². The van der Waals surface area contributed by atoms with Gasteiger partial charge in [0.05, 0.1) is 5.69 Å². The first kappa shape index (κ1) is 18.0. The smallest absolute Gasteiger partial charge is 0.275 e. The average molecular weight is 396 g/mol. The van der Waals surface area contributed by atoms with Crippen molar-refractivity contribution >= 4 is 16.3 Å². The fourth-order valence-electron chi connectivity index (χ4n) is 4.98. The Labute approximate surface area is 168 Å². The summed E-state index contributed by atoms with van der Waals surface area (Å²) in [6.07, 6.45) is 0.826. The van der Waals surface area contributed by atoms with Crippen LogP contribution in [0, 0.1) is 11.8 Å². The zero-order valence-corrected chi connectivity index (χ0v) is 17.1. The second-order valence-corrected chi connectivity index (χ2v) is 9.08. The molecule has 146 valence electrons. The minimum atomic E-state index is -0.0720. The van der Waals surface area contributed by atoms with E-state index in [1.807, 2.05) is 6.92 Å². The SMILES string of the molecule is CCc1nn2c(=O)cc(CN3C[C@@H]4CN(C)[C@@H](c5ccccc5)[C@@H]4C3)nc2s1. The molecule has 28 heavy (non-hydrogen) atoms. The van der Waals surface area contributed by atoms with Gasteiger partial charge in [-0.1, -0.05) is 48.6 Å². The standard InChI is InChI=1S/C21H25N5OS/c1-3-18-23-26-19(27)9-16(22-21(26)28-18)12-25-11-15-10-24(2)20(17(15)13-25)14-7-5-4-6-8-14/h4-9,15,17,20H,3,10-13H2,1-2H3/t15-,17+,20-/m0/s1. The van der Waals surface area contributed by atoms with Crippen molar-refractivity contribution in [2.24, 2.45) is 11.8 Å². The summed E-state index contributed by atoms with van der Waals surface area (Å²) in [7, 11) is 2.24. The van der Waals surface area contributed by atoms with E-state index in [2.05, 4.69) is 52.3 Å². The number of nitrogens with zero attached hydrogens (tertiary/aromatic N) is 5. The highest BCUT2D eigenvalue weighted by Crippen LogP contribution is 2.44. The molecule has 2 aromatic heterocycles. The van der Waals surface area contributed by atoms with Gasteiger partial charge in [0, 0.05) is 38.3 Å². The highest BCUT2D eigenvalue weighted by molar-refractivity contribution is 7.16. The van der Waals surface area contributed by atoms with Gasteiger partial charge in [0.1, 0.15) is 5.01 Å². The third-order valence-electron chi connectivity index (χ3n) is 6.14. The van der Waals surface area contributed by atoms with E-state index in [0.717, 1.165) is 43.3 Å². The van der Waals surface area contributed by atoms with Crippen molar-refractivity contribution in [2.45, 2.75) is 25.9 Å². The van der Waals surface area contributed by atoms with E-state index in [1.165, 1.54) is 21.4 Å². The van der Waals surface area contributed by atoms with Crippen LogP contribution in [0.1, 0.15) is 29.2 Å². The van der Waals surface area contributed by atoms with E-state index in [0.29, 0.717) is 22.8 Å². The molecule has 2 saturated heterocycles. The monoisotopic (exact) mass is 395 g/mol. The summed E-state index contributed by atoms with van der Waals surface area (Å²) in [6.45, 7) is 6.04. The molecule has 0 aliphatic carbocycles. The van der Waals surface area contributed by atoms with E-state index in [4.69, 9.17) is 4.98 Å². The van der Waals surface area contributed by atoms with Gasteiger partial charge < -0.3 is 0 Å². The van der Waals surface area contributed by atoms with Gasteiger partial charge in [-0.25, -0.2) is 4.98 Å². The molecule has 0 N–H and O–H groups in total. The summed E-state index contributed by atoms with van der Waals surface area (Å²) in [5.74, 6) is 1.31. The maximum absolute atomic E-state index is 12.4. The number of aromatic nitrogens is 3. The lowest BCUT2D eigenvalue weighted by molar-refractivity contribution is 0.223. The predicted molar refractivity (Wildman–Crippen MR) is 111 cm³/mol. The van der Waals surface area contributed by atoms with E-state index in [1.54, 1.807) is 6.07 Å². The summed E-state index contributed by atoms with van der Waals surface area (Å²) >= 11 is 1.51. The molecule has 3 aromatic rings. The first-order chi connectivity index (χ1) is 13.6. The maximum Gasteiger partial charge on any atom is 0.275 e. The minimum absolute atomic E-state index is 0.0720. The summed E-state index contributed by atoms with van der Waals surface area (Å²) < 4.78 is 1.44. The van der Waals surface area contributed by atoms with Crippen molar-refractivity contribution in [2.75, 3.05) is 26.7 Å². The highest BCUT2D eigenvalue weighted by atomic mass is 32.1. The minimum Gasteiger partial charge on any atom is -0.299 e. The van der Waals surface area contributed by atoms with E-state index in [9.17, 15) is 4.79 Å². The molecule has 5 rings (SSSR count). The first-order valence-electron chi connectivity index (χ1n) is 9.98. The largest absolute Gasteiger partial charge is 0.299 e. The molecule has 2 aliphatic heterocycles. The Hall–Kier alpha value is -2.09. The molecule has 0 unspecified atom stereocenters. The Bertz CT molecular complexity index is 1050. The van der Waals surface area contributed by atoms with Crippen LogP contribution in [-0.2, 0) is 13.0 Å². The molecular weight excluding hydrogens is 370 g/mol. The zero-order valence-electron chi connectivity index (χ0n) is 16.3. The van der Waals surface area contributed by atoms with Gasteiger partial charge in [0.2, 0.25) is 4.96 Å². The van der Waals surface area contributed by atoms with Gasteiger partial charge in [-0.05, 0) is 30.9 Å². The van der Waals surface area contributed by atoms with Crippen LogP contribution in [-0.4, -0.2) is 51.1 Å². The third kappa shape index (κ3) is 3.07. The van der Waals surface area contributed by atoms with Crippen LogP contribution in [0.15, 0.2) is 41.2 Å². The van der Waals surface area contributed by atoms with Gasteiger partial charge in [0.25, 0.3) is 5.56 Å². The molecule has 6 nitrogen and oxygen atoms in total.